The van der Waals surface area contributed by atoms with Gasteiger partial charge in [0, 0.05) is 6.20 Å². The Morgan fingerprint density at radius 1 is 1.53 bits per heavy atom. The summed E-state index contributed by atoms with van der Waals surface area (Å²) < 4.78 is 4.75. The molecule has 8 heteroatoms. The van der Waals surface area contributed by atoms with E-state index in [9.17, 15) is 4.79 Å². The Labute approximate surface area is 96.2 Å². The average Bonchev–Trinajstić information content (AvgIpc) is 2.75. The minimum Gasteiger partial charge on any atom is -0.324 e. The van der Waals surface area contributed by atoms with E-state index in [0.717, 1.165) is 0 Å². The second kappa shape index (κ2) is 4.58. The van der Waals surface area contributed by atoms with Crippen LogP contribution in [0.1, 0.15) is 16.3 Å². The summed E-state index contributed by atoms with van der Waals surface area (Å²) >= 11 is 0. The highest BCUT2D eigenvalue weighted by Crippen LogP contribution is 2.09. The van der Waals surface area contributed by atoms with Crippen LogP contribution in [0.3, 0.4) is 0 Å². The number of anilines is 2. The van der Waals surface area contributed by atoms with E-state index >= 15 is 0 Å². The molecule has 0 unspecified atom stereocenters. The van der Waals surface area contributed by atoms with Crippen molar-refractivity contribution < 1.29 is 9.32 Å². The zero-order valence-corrected chi connectivity index (χ0v) is 8.97. The molecule has 2 heterocycles. The van der Waals surface area contributed by atoms with E-state index in [2.05, 4.69) is 25.9 Å². The number of nitrogens with one attached hydrogen (secondary N) is 2. The van der Waals surface area contributed by atoms with Gasteiger partial charge in [0.25, 0.3) is 5.91 Å². The van der Waals surface area contributed by atoms with Gasteiger partial charge in [0.05, 0.1) is 5.69 Å². The number of amides is 1. The zero-order valence-electron chi connectivity index (χ0n) is 8.97. The van der Waals surface area contributed by atoms with Crippen molar-refractivity contribution in [3.05, 3.63) is 29.8 Å². The number of aromatic nitrogens is 3. The summed E-state index contributed by atoms with van der Waals surface area (Å²) in [5, 5.41) is 5.96. The second-order valence-corrected chi connectivity index (χ2v) is 3.17. The number of hydrogen-bond acceptors (Lipinski definition) is 7. The quantitative estimate of drug-likeness (QED) is 0.516. The van der Waals surface area contributed by atoms with Gasteiger partial charge < -0.3 is 9.95 Å². The molecule has 0 aliphatic carbocycles. The molecular formula is C9H10N6O2. The summed E-state index contributed by atoms with van der Waals surface area (Å²) in [7, 11) is 0. The van der Waals surface area contributed by atoms with Gasteiger partial charge in [0.2, 0.25) is 0 Å². The Morgan fingerprint density at radius 2 is 2.35 bits per heavy atom. The first-order valence-electron chi connectivity index (χ1n) is 4.73. The van der Waals surface area contributed by atoms with Gasteiger partial charge in [-0.1, -0.05) is 5.16 Å². The Hall–Kier alpha value is -2.48. The van der Waals surface area contributed by atoms with E-state index in [-0.39, 0.29) is 11.7 Å². The summed E-state index contributed by atoms with van der Waals surface area (Å²) in [4.78, 5) is 19.5. The largest absolute Gasteiger partial charge is 0.328 e. The lowest BCUT2D eigenvalue weighted by atomic mass is 10.3. The van der Waals surface area contributed by atoms with Crippen LogP contribution < -0.4 is 16.6 Å². The summed E-state index contributed by atoms with van der Waals surface area (Å²) in [6.07, 6.45) is 1.46. The summed E-state index contributed by atoms with van der Waals surface area (Å²) in [6.45, 7) is 1.65. The first kappa shape index (κ1) is 11.0. The van der Waals surface area contributed by atoms with Crippen LogP contribution in [0.2, 0.25) is 0 Å². The Morgan fingerprint density at radius 3 is 3.00 bits per heavy atom. The van der Waals surface area contributed by atoms with Gasteiger partial charge in [-0.05, 0) is 19.1 Å². The first-order valence-corrected chi connectivity index (χ1v) is 4.73. The van der Waals surface area contributed by atoms with Gasteiger partial charge in [-0.3, -0.25) is 20.9 Å². The number of pyridine rings is 1. The standard InChI is InChI=1S/C9H10N6O2/c1-5-12-9(17-15-5)13-8(16)7-4-6(14-10)2-3-11-7/h2-4H,10H2,1H3,(H,11,14)(H,12,13,15,16). The van der Waals surface area contributed by atoms with Crippen LogP contribution in [0.5, 0.6) is 0 Å². The fourth-order valence-corrected chi connectivity index (χ4v) is 1.15. The topological polar surface area (TPSA) is 119 Å². The Balaban J connectivity index is 2.14. The third-order valence-electron chi connectivity index (χ3n) is 1.91. The van der Waals surface area contributed by atoms with Crippen LogP contribution in [0.15, 0.2) is 22.9 Å². The average molecular weight is 234 g/mol. The van der Waals surface area contributed by atoms with Gasteiger partial charge in [-0.25, -0.2) is 0 Å². The molecule has 0 aromatic carbocycles. The third-order valence-corrected chi connectivity index (χ3v) is 1.91. The van der Waals surface area contributed by atoms with Crippen LogP contribution in [-0.4, -0.2) is 21.0 Å². The van der Waals surface area contributed by atoms with Crippen molar-refractivity contribution in [2.45, 2.75) is 6.92 Å². The number of hydrogen-bond donors (Lipinski definition) is 3. The van der Waals surface area contributed by atoms with Crippen molar-refractivity contribution in [2.24, 2.45) is 5.84 Å². The van der Waals surface area contributed by atoms with Crippen LogP contribution >= 0.6 is 0 Å². The maximum Gasteiger partial charge on any atom is 0.328 e. The molecule has 0 atom stereocenters. The molecule has 0 radical (unpaired) electrons. The molecule has 0 aliphatic heterocycles. The van der Waals surface area contributed by atoms with E-state index in [4.69, 9.17) is 10.4 Å². The second-order valence-electron chi connectivity index (χ2n) is 3.17. The van der Waals surface area contributed by atoms with Crippen LogP contribution in [0.25, 0.3) is 0 Å². The molecule has 8 nitrogen and oxygen atoms in total. The lowest BCUT2D eigenvalue weighted by molar-refractivity contribution is 0.101. The number of hydrazine groups is 1. The first-order chi connectivity index (χ1) is 8.19. The van der Waals surface area contributed by atoms with Gasteiger partial charge >= 0.3 is 6.01 Å². The molecule has 1 amide bonds. The SMILES string of the molecule is Cc1noc(NC(=O)c2cc(NN)ccn2)n1. The fourth-order valence-electron chi connectivity index (χ4n) is 1.15. The number of nitrogens with two attached hydrogens (primary N) is 1. The van der Waals surface area contributed by atoms with Gasteiger partial charge in [0.15, 0.2) is 5.82 Å². The van der Waals surface area contributed by atoms with Crippen molar-refractivity contribution >= 4 is 17.6 Å². The Bertz CT molecular complexity index is 538. The highest BCUT2D eigenvalue weighted by molar-refractivity contribution is 6.02. The number of aryl methyl sites for hydroxylation is 1. The number of carbonyl (C=O) groups excluding carboxylic acids is 1. The monoisotopic (exact) mass is 234 g/mol. The van der Waals surface area contributed by atoms with E-state index in [0.29, 0.717) is 11.5 Å². The van der Waals surface area contributed by atoms with Crippen LogP contribution in [0, 0.1) is 6.92 Å². The van der Waals surface area contributed by atoms with Gasteiger partial charge in [-0.2, -0.15) is 4.98 Å². The number of nitrogen functional groups attached to an aromatic ring is 1. The van der Waals surface area contributed by atoms with Crippen molar-refractivity contribution in [3.8, 4) is 0 Å². The molecule has 0 spiro atoms. The predicted octanol–water partition coefficient (Wildman–Crippen LogP) is 0.311. The molecule has 2 aromatic rings. The fraction of sp³-hybridized carbons (Fsp3) is 0.111. The zero-order chi connectivity index (χ0) is 12.3. The molecule has 2 aromatic heterocycles. The van der Waals surface area contributed by atoms with E-state index in [1.807, 2.05) is 0 Å². The normalized spacial score (nSPS) is 10.0. The van der Waals surface area contributed by atoms with Crippen molar-refractivity contribution in [2.75, 3.05) is 10.7 Å². The highest BCUT2D eigenvalue weighted by Gasteiger charge is 2.11. The predicted molar refractivity (Wildman–Crippen MR) is 59.0 cm³/mol. The van der Waals surface area contributed by atoms with Crippen molar-refractivity contribution in [1.29, 1.82) is 0 Å². The van der Waals surface area contributed by atoms with E-state index < -0.39 is 5.91 Å². The third kappa shape index (κ3) is 2.55. The molecular weight excluding hydrogens is 224 g/mol. The summed E-state index contributed by atoms with van der Waals surface area (Å²) in [5.74, 6) is 5.21. The van der Waals surface area contributed by atoms with Gasteiger partial charge in [0.1, 0.15) is 5.69 Å². The molecule has 0 saturated heterocycles. The minimum atomic E-state index is -0.453. The van der Waals surface area contributed by atoms with Crippen molar-refractivity contribution in [1.82, 2.24) is 15.1 Å². The molecule has 0 fully saturated rings. The van der Waals surface area contributed by atoms with Crippen LogP contribution in [-0.2, 0) is 0 Å². The molecule has 0 bridgehead atoms. The molecule has 0 saturated carbocycles. The maximum atomic E-state index is 11.7. The summed E-state index contributed by atoms with van der Waals surface area (Å²) in [5.41, 5.74) is 3.19. The molecule has 0 aliphatic rings. The Kier molecular flexibility index (Phi) is 2.97. The lowest BCUT2D eigenvalue weighted by Gasteiger charge is -2.02. The van der Waals surface area contributed by atoms with Gasteiger partial charge in [-0.15, -0.1) is 0 Å². The highest BCUT2D eigenvalue weighted by atomic mass is 16.5. The smallest absolute Gasteiger partial charge is 0.324 e. The maximum absolute atomic E-state index is 11.7. The van der Waals surface area contributed by atoms with E-state index in [1.165, 1.54) is 12.3 Å². The van der Waals surface area contributed by atoms with Crippen molar-refractivity contribution in [3.63, 3.8) is 0 Å². The molecule has 4 N–H and O–H groups in total. The lowest BCUT2D eigenvalue weighted by Crippen LogP contribution is -2.15. The van der Waals surface area contributed by atoms with E-state index in [1.54, 1.807) is 13.0 Å². The van der Waals surface area contributed by atoms with Crippen LogP contribution in [0.4, 0.5) is 11.7 Å². The number of carbonyl (C=O) groups is 1. The number of nitrogens with zero attached hydrogens (tertiary/aromatic N) is 3. The molecule has 2 rings (SSSR count). The molecule has 17 heavy (non-hydrogen) atoms. The molecule has 88 valence electrons. The minimum absolute atomic E-state index is 0.0282. The summed E-state index contributed by atoms with van der Waals surface area (Å²) in [6, 6.07) is 3.16. The number of rotatable bonds is 3.